The van der Waals surface area contributed by atoms with Gasteiger partial charge in [-0.25, -0.2) is 0 Å². The number of methoxy groups -OCH3 is 1. The van der Waals surface area contributed by atoms with Gasteiger partial charge in [0.15, 0.2) is 5.82 Å². The van der Waals surface area contributed by atoms with Crippen LogP contribution in [-0.2, 0) is 11.3 Å². The van der Waals surface area contributed by atoms with Crippen molar-refractivity contribution >= 4 is 16.3 Å². The summed E-state index contributed by atoms with van der Waals surface area (Å²) in [7, 11) is 1.62. The van der Waals surface area contributed by atoms with Gasteiger partial charge in [0, 0.05) is 7.11 Å². The molecule has 0 aromatic carbocycles. The molecule has 0 saturated heterocycles. The topological polar surface area (TPSA) is 78.3 Å². The Morgan fingerprint density at radius 2 is 2.33 bits per heavy atom. The van der Waals surface area contributed by atoms with Gasteiger partial charge >= 0.3 is 0 Å². The van der Waals surface area contributed by atoms with E-state index in [1.165, 1.54) is 11.3 Å². The maximum Gasteiger partial charge on any atom is 0.234 e. The largest absolute Gasteiger partial charge is 0.377 e. The van der Waals surface area contributed by atoms with E-state index in [9.17, 15) is 0 Å². The van der Waals surface area contributed by atoms with Crippen molar-refractivity contribution in [1.82, 2.24) is 19.8 Å². The number of nitrogens with two attached hydrogens (primary N) is 1. The van der Waals surface area contributed by atoms with Crippen LogP contribution in [0.3, 0.4) is 0 Å². The first-order valence-electron chi connectivity index (χ1n) is 4.71. The number of hydrogen-bond donors (Lipinski definition) is 1. The minimum absolute atomic E-state index is 0.0212. The monoisotopic (exact) mass is 227 g/mol. The molecule has 0 amide bonds. The number of fused-ring (bicyclic) bond motifs is 1. The van der Waals surface area contributed by atoms with Crippen molar-refractivity contribution in [1.29, 1.82) is 0 Å². The molecule has 82 valence electrons. The smallest absolute Gasteiger partial charge is 0.234 e. The van der Waals surface area contributed by atoms with E-state index in [0.717, 1.165) is 16.4 Å². The van der Waals surface area contributed by atoms with E-state index in [1.807, 2.05) is 6.92 Å². The van der Waals surface area contributed by atoms with Gasteiger partial charge in [-0.15, -0.1) is 10.2 Å². The first-order valence-corrected chi connectivity index (χ1v) is 5.53. The Hall–Kier alpha value is -1.05. The Morgan fingerprint density at radius 1 is 1.53 bits per heavy atom. The van der Waals surface area contributed by atoms with Crippen molar-refractivity contribution in [2.45, 2.75) is 26.0 Å². The van der Waals surface area contributed by atoms with E-state index in [0.29, 0.717) is 12.4 Å². The van der Waals surface area contributed by atoms with Crippen LogP contribution in [0.25, 0.3) is 4.96 Å². The second-order valence-corrected chi connectivity index (χ2v) is 4.19. The van der Waals surface area contributed by atoms with Crippen LogP contribution in [0.1, 0.15) is 30.2 Å². The summed E-state index contributed by atoms with van der Waals surface area (Å²) in [6, 6.07) is -0.0212. The van der Waals surface area contributed by atoms with Crippen molar-refractivity contribution in [3.8, 4) is 0 Å². The molecule has 0 spiro atoms. The minimum atomic E-state index is -0.0212. The maximum atomic E-state index is 5.90. The number of aromatic nitrogens is 4. The van der Waals surface area contributed by atoms with Crippen LogP contribution in [0.2, 0.25) is 0 Å². The van der Waals surface area contributed by atoms with E-state index in [-0.39, 0.29) is 6.04 Å². The predicted octanol–water partition coefficient (Wildman–Crippen LogP) is 0.742. The van der Waals surface area contributed by atoms with Crippen molar-refractivity contribution in [2.75, 3.05) is 7.11 Å². The van der Waals surface area contributed by atoms with E-state index >= 15 is 0 Å². The van der Waals surface area contributed by atoms with Crippen LogP contribution in [-0.4, -0.2) is 26.9 Å². The molecule has 6 nitrogen and oxygen atoms in total. The van der Waals surface area contributed by atoms with E-state index in [2.05, 4.69) is 15.3 Å². The highest BCUT2D eigenvalue weighted by Crippen LogP contribution is 2.20. The lowest BCUT2D eigenvalue weighted by atomic mass is 10.3. The molecule has 2 aromatic heterocycles. The molecule has 2 N–H and O–H groups in total. The molecule has 15 heavy (non-hydrogen) atoms. The Labute approximate surface area is 91.1 Å². The third-order valence-corrected chi connectivity index (χ3v) is 3.13. The summed E-state index contributed by atoms with van der Waals surface area (Å²) in [6.45, 7) is 2.44. The Balaban J connectivity index is 2.38. The van der Waals surface area contributed by atoms with Gasteiger partial charge in [0.25, 0.3) is 0 Å². The van der Waals surface area contributed by atoms with E-state index in [4.69, 9.17) is 10.5 Å². The Kier molecular flexibility index (Phi) is 2.94. The van der Waals surface area contributed by atoms with Gasteiger partial charge < -0.3 is 10.5 Å². The zero-order valence-corrected chi connectivity index (χ0v) is 9.49. The molecule has 7 heteroatoms. The molecule has 1 atom stereocenters. The predicted molar refractivity (Wildman–Crippen MR) is 56.6 cm³/mol. The Bertz CT molecular complexity index is 451. The first kappa shape index (κ1) is 10.5. The lowest BCUT2D eigenvalue weighted by molar-refractivity contribution is 0.176. The zero-order valence-electron chi connectivity index (χ0n) is 8.67. The van der Waals surface area contributed by atoms with Gasteiger partial charge in [-0.2, -0.15) is 9.61 Å². The maximum absolute atomic E-state index is 5.90. The molecule has 2 rings (SSSR count). The zero-order chi connectivity index (χ0) is 10.8. The van der Waals surface area contributed by atoms with Crippen LogP contribution in [0.5, 0.6) is 0 Å². The van der Waals surface area contributed by atoms with Crippen molar-refractivity contribution in [3.63, 3.8) is 0 Å². The second-order valence-electron chi connectivity index (χ2n) is 3.20. The fraction of sp³-hybridized carbons (Fsp3) is 0.625. The molecule has 2 aromatic rings. The number of ether oxygens (including phenoxy) is 1. The average molecular weight is 227 g/mol. The van der Waals surface area contributed by atoms with Gasteiger partial charge in [0.2, 0.25) is 4.96 Å². The third-order valence-electron chi connectivity index (χ3n) is 2.10. The third kappa shape index (κ3) is 1.85. The van der Waals surface area contributed by atoms with Gasteiger partial charge in [0.05, 0.1) is 6.04 Å². The molecule has 1 unspecified atom stereocenters. The molecule has 0 bridgehead atoms. The molecule has 0 radical (unpaired) electrons. The number of nitrogens with zero attached hydrogens (tertiary/aromatic N) is 4. The first-order chi connectivity index (χ1) is 7.26. The fourth-order valence-corrected chi connectivity index (χ4v) is 2.16. The van der Waals surface area contributed by atoms with Gasteiger partial charge in [-0.3, -0.25) is 0 Å². The van der Waals surface area contributed by atoms with Crippen molar-refractivity contribution in [2.24, 2.45) is 5.73 Å². The fourth-order valence-electron chi connectivity index (χ4n) is 1.22. The highest BCUT2D eigenvalue weighted by Gasteiger charge is 2.14. The van der Waals surface area contributed by atoms with Gasteiger partial charge in [0.1, 0.15) is 11.6 Å². The summed E-state index contributed by atoms with van der Waals surface area (Å²) < 4.78 is 6.69. The van der Waals surface area contributed by atoms with Gasteiger partial charge in [-0.1, -0.05) is 18.3 Å². The normalized spacial score (nSPS) is 13.5. The molecule has 2 heterocycles. The van der Waals surface area contributed by atoms with Crippen LogP contribution < -0.4 is 5.73 Å². The lowest BCUT2D eigenvalue weighted by Gasteiger charge is -2.01. The highest BCUT2D eigenvalue weighted by atomic mass is 32.1. The SMILES string of the molecule is CCC(N)c1nn2c(COC)nnc2s1. The van der Waals surface area contributed by atoms with E-state index in [1.54, 1.807) is 11.6 Å². The van der Waals surface area contributed by atoms with Crippen LogP contribution in [0.15, 0.2) is 0 Å². The molecule has 0 fully saturated rings. The molecule has 0 aliphatic heterocycles. The van der Waals surface area contributed by atoms with Crippen LogP contribution in [0, 0.1) is 0 Å². The summed E-state index contributed by atoms with van der Waals surface area (Å²) in [5, 5.41) is 13.2. The molecular weight excluding hydrogens is 214 g/mol. The molecule has 0 saturated carbocycles. The second kappa shape index (κ2) is 4.21. The summed E-state index contributed by atoms with van der Waals surface area (Å²) >= 11 is 1.47. The number of hydrogen-bond acceptors (Lipinski definition) is 6. The Morgan fingerprint density at radius 3 is 3.00 bits per heavy atom. The quantitative estimate of drug-likeness (QED) is 0.833. The van der Waals surface area contributed by atoms with Gasteiger partial charge in [-0.05, 0) is 6.42 Å². The summed E-state index contributed by atoms with van der Waals surface area (Å²) in [5.41, 5.74) is 5.90. The number of rotatable bonds is 4. The van der Waals surface area contributed by atoms with Crippen molar-refractivity contribution in [3.05, 3.63) is 10.8 Å². The van der Waals surface area contributed by atoms with Crippen LogP contribution in [0.4, 0.5) is 0 Å². The standard InChI is InChI=1S/C8H13N5OS/c1-3-5(9)7-12-13-6(4-14-2)10-11-8(13)15-7/h5H,3-4,9H2,1-2H3. The minimum Gasteiger partial charge on any atom is -0.377 e. The summed E-state index contributed by atoms with van der Waals surface area (Å²) in [4.78, 5) is 0.765. The summed E-state index contributed by atoms with van der Waals surface area (Å²) in [5.74, 6) is 0.707. The molecule has 0 aliphatic rings. The summed E-state index contributed by atoms with van der Waals surface area (Å²) in [6.07, 6.45) is 0.865. The highest BCUT2D eigenvalue weighted by molar-refractivity contribution is 7.16. The lowest BCUT2D eigenvalue weighted by Crippen LogP contribution is -2.09. The molecular formula is C8H13N5OS. The van der Waals surface area contributed by atoms with Crippen LogP contribution >= 0.6 is 11.3 Å². The van der Waals surface area contributed by atoms with Crippen molar-refractivity contribution < 1.29 is 4.74 Å². The molecule has 0 aliphatic carbocycles. The average Bonchev–Trinajstić information content (AvgIpc) is 2.79. The van der Waals surface area contributed by atoms with E-state index < -0.39 is 0 Å².